The normalized spacial score (nSPS) is 15.1. The van der Waals surface area contributed by atoms with Crippen molar-refractivity contribution in [2.45, 2.75) is 32.0 Å². The van der Waals surface area contributed by atoms with Crippen molar-refractivity contribution in [2.24, 2.45) is 0 Å². The maximum Gasteiger partial charge on any atom is 0.298 e. The summed E-state index contributed by atoms with van der Waals surface area (Å²) in [6.45, 7) is 0.773. The molecule has 0 saturated heterocycles. The van der Waals surface area contributed by atoms with Gasteiger partial charge in [0, 0.05) is 10.9 Å². The molecule has 2 aromatic rings. The number of hydrogen-bond acceptors (Lipinski definition) is 5. The van der Waals surface area contributed by atoms with Crippen molar-refractivity contribution in [1.82, 2.24) is 4.98 Å². The first-order chi connectivity index (χ1) is 8.36. The fourth-order valence-corrected chi connectivity index (χ4v) is 2.51. The summed E-state index contributed by atoms with van der Waals surface area (Å²) in [5, 5.41) is 11.1. The lowest BCUT2D eigenvalue weighted by atomic mass is 10.4. The molecule has 0 spiro atoms. The molecule has 0 amide bonds. The van der Waals surface area contributed by atoms with E-state index < -0.39 is 0 Å². The average molecular weight is 250 g/mol. The quantitative estimate of drug-likeness (QED) is 0.885. The summed E-state index contributed by atoms with van der Waals surface area (Å²) >= 11 is 1.74. The first kappa shape index (κ1) is 10.8. The van der Waals surface area contributed by atoms with E-state index >= 15 is 0 Å². The molecule has 1 aliphatic carbocycles. The Morgan fingerprint density at radius 3 is 3.00 bits per heavy atom. The summed E-state index contributed by atoms with van der Waals surface area (Å²) in [7, 11) is 0. The molecule has 4 nitrogen and oxygen atoms in total. The van der Waals surface area contributed by atoms with Crippen LogP contribution in [0.25, 0.3) is 0 Å². The third kappa shape index (κ3) is 2.35. The topological polar surface area (TPSA) is 49.5 Å². The highest BCUT2D eigenvalue weighted by molar-refractivity contribution is 7.09. The molecule has 5 heteroatoms. The molecule has 2 aromatic heterocycles. The van der Waals surface area contributed by atoms with Gasteiger partial charge in [0.05, 0.1) is 13.2 Å². The van der Waals surface area contributed by atoms with E-state index in [1.54, 1.807) is 11.3 Å². The van der Waals surface area contributed by atoms with Crippen LogP contribution in [0.2, 0.25) is 0 Å². The summed E-state index contributed by atoms with van der Waals surface area (Å²) in [4.78, 5) is 7.78. The third-order valence-electron chi connectivity index (χ3n) is 2.84. The fraction of sp³-hybridized carbons (Fsp3) is 0.417. The van der Waals surface area contributed by atoms with Crippen molar-refractivity contribution in [2.75, 3.05) is 4.90 Å². The molecule has 0 aliphatic heterocycles. The summed E-state index contributed by atoms with van der Waals surface area (Å²) in [5.74, 6) is 0. The minimum atomic E-state index is -0.0684. The SMILES string of the molecule is OCc1coc(N(Cc2cccs2)C2CC2)n1. The van der Waals surface area contributed by atoms with Crippen molar-refractivity contribution in [3.8, 4) is 0 Å². The standard InChI is InChI=1S/C12H14N2O2S/c15-7-9-8-16-12(13-9)14(10-3-4-10)6-11-2-1-5-17-11/h1-2,5,8,10,15H,3-4,6-7H2. The van der Waals surface area contributed by atoms with E-state index in [2.05, 4.69) is 27.4 Å². The molecule has 1 fully saturated rings. The minimum absolute atomic E-state index is 0.0684. The minimum Gasteiger partial charge on any atom is -0.432 e. The molecule has 0 bridgehead atoms. The van der Waals surface area contributed by atoms with Crippen molar-refractivity contribution < 1.29 is 9.52 Å². The molecule has 1 saturated carbocycles. The number of nitrogens with zero attached hydrogens (tertiary/aromatic N) is 2. The number of aliphatic hydroxyl groups excluding tert-OH is 1. The van der Waals surface area contributed by atoms with E-state index in [-0.39, 0.29) is 6.61 Å². The third-order valence-corrected chi connectivity index (χ3v) is 3.70. The van der Waals surface area contributed by atoms with Gasteiger partial charge in [-0.05, 0) is 24.3 Å². The van der Waals surface area contributed by atoms with E-state index in [0.29, 0.717) is 17.8 Å². The predicted octanol–water partition coefficient (Wildman–Crippen LogP) is 2.40. The molecule has 1 N–H and O–H groups in total. The van der Waals surface area contributed by atoms with E-state index in [4.69, 9.17) is 9.52 Å². The number of aliphatic hydroxyl groups is 1. The Kier molecular flexibility index (Phi) is 2.86. The van der Waals surface area contributed by atoms with Gasteiger partial charge in [0.15, 0.2) is 0 Å². The Bertz CT molecular complexity index is 476. The maximum atomic E-state index is 9.00. The van der Waals surface area contributed by atoms with Crippen molar-refractivity contribution in [3.05, 3.63) is 34.3 Å². The zero-order chi connectivity index (χ0) is 11.7. The van der Waals surface area contributed by atoms with Crippen LogP contribution in [0.3, 0.4) is 0 Å². The Balaban J connectivity index is 1.79. The van der Waals surface area contributed by atoms with Crippen LogP contribution < -0.4 is 4.90 Å². The van der Waals surface area contributed by atoms with Gasteiger partial charge in [-0.3, -0.25) is 0 Å². The Morgan fingerprint density at radius 2 is 2.41 bits per heavy atom. The van der Waals surface area contributed by atoms with Gasteiger partial charge in [-0.15, -0.1) is 11.3 Å². The highest BCUT2D eigenvalue weighted by Gasteiger charge is 2.32. The molecule has 0 unspecified atom stereocenters. The first-order valence-corrected chi connectivity index (χ1v) is 6.59. The second-order valence-corrected chi connectivity index (χ2v) is 5.25. The zero-order valence-corrected chi connectivity index (χ0v) is 10.2. The van der Waals surface area contributed by atoms with E-state index in [1.807, 2.05) is 0 Å². The molecular weight excluding hydrogens is 236 g/mol. The van der Waals surface area contributed by atoms with E-state index in [0.717, 1.165) is 6.54 Å². The van der Waals surface area contributed by atoms with Crippen LogP contribution in [-0.2, 0) is 13.2 Å². The van der Waals surface area contributed by atoms with E-state index in [9.17, 15) is 0 Å². The highest BCUT2D eigenvalue weighted by atomic mass is 32.1. The molecule has 17 heavy (non-hydrogen) atoms. The van der Waals surface area contributed by atoms with Crippen LogP contribution in [0.4, 0.5) is 6.01 Å². The zero-order valence-electron chi connectivity index (χ0n) is 9.37. The maximum absolute atomic E-state index is 9.00. The van der Waals surface area contributed by atoms with Crippen molar-refractivity contribution in [3.63, 3.8) is 0 Å². The van der Waals surface area contributed by atoms with Gasteiger partial charge in [-0.25, -0.2) is 0 Å². The van der Waals surface area contributed by atoms with Crippen LogP contribution in [0.1, 0.15) is 23.4 Å². The monoisotopic (exact) mass is 250 g/mol. The number of hydrogen-bond donors (Lipinski definition) is 1. The van der Waals surface area contributed by atoms with Crippen molar-refractivity contribution in [1.29, 1.82) is 0 Å². The lowest BCUT2D eigenvalue weighted by Crippen LogP contribution is -2.24. The summed E-state index contributed by atoms with van der Waals surface area (Å²) in [5.41, 5.74) is 0.594. The molecule has 1 aliphatic rings. The number of rotatable bonds is 5. The second-order valence-electron chi connectivity index (χ2n) is 4.22. The molecule has 3 rings (SSSR count). The number of oxazole rings is 1. The lowest BCUT2D eigenvalue weighted by Gasteiger charge is -2.18. The summed E-state index contributed by atoms with van der Waals surface area (Å²) in [6, 6.07) is 5.35. The number of aromatic nitrogens is 1. The van der Waals surface area contributed by atoms with Gasteiger partial charge in [-0.1, -0.05) is 6.07 Å². The largest absolute Gasteiger partial charge is 0.432 e. The molecule has 90 valence electrons. The Labute approximate surface area is 104 Å². The first-order valence-electron chi connectivity index (χ1n) is 5.71. The lowest BCUT2D eigenvalue weighted by molar-refractivity contribution is 0.276. The van der Waals surface area contributed by atoms with Crippen LogP contribution in [0.15, 0.2) is 28.2 Å². The number of anilines is 1. The van der Waals surface area contributed by atoms with Gasteiger partial charge in [0.2, 0.25) is 0 Å². The van der Waals surface area contributed by atoms with Gasteiger partial charge >= 0.3 is 0 Å². The Hall–Kier alpha value is -1.33. The predicted molar refractivity (Wildman–Crippen MR) is 65.9 cm³/mol. The molecule has 0 aromatic carbocycles. The van der Waals surface area contributed by atoms with Gasteiger partial charge in [-0.2, -0.15) is 4.98 Å². The smallest absolute Gasteiger partial charge is 0.298 e. The van der Waals surface area contributed by atoms with Crippen LogP contribution in [0, 0.1) is 0 Å². The van der Waals surface area contributed by atoms with Gasteiger partial charge < -0.3 is 14.4 Å². The highest BCUT2D eigenvalue weighted by Crippen LogP contribution is 2.33. The molecule has 0 atom stereocenters. The summed E-state index contributed by atoms with van der Waals surface area (Å²) in [6.07, 6.45) is 3.92. The van der Waals surface area contributed by atoms with Crippen molar-refractivity contribution >= 4 is 17.4 Å². The van der Waals surface area contributed by atoms with Crippen LogP contribution in [0.5, 0.6) is 0 Å². The van der Waals surface area contributed by atoms with Gasteiger partial charge in [0.25, 0.3) is 6.01 Å². The van der Waals surface area contributed by atoms with Gasteiger partial charge in [0.1, 0.15) is 12.0 Å². The second kappa shape index (κ2) is 4.50. The van der Waals surface area contributed by atoms with Crippen LogP contribution >= 0.6 is 11.3 Å². The molecule has 0 radical (unpaired) electrons. The fourth-order valence-electron chi connectivity index (χ4n) is 1.81. The van der Waals surface area contributed by atoms with Crippen LogP contribution in [-0.4, -0.2) is 16.1 Å². The summed E-state index contributed by atoms with van der Waals surface area (Å²) < 4.78 is 5.43. The number of thiophene rings is 1. The molecular formula is C12H14N2O2S. The molecule has 2 heterocycles. The average Bonchev–Trinajstić information content (AvgIpc) is 2.88. The Morgan fingerprint density at radius 1 is 1.53 bits per heavy atom. The van der Waals surface area contributed by atoms with E-state index in [1.165, 1.54) is 24.0 Å².